The summed E-state index contributed by atoms with van der Waals surface area (Å²) in [6.07, 6.45) is 2.59. The third kappa shape index (κ3) is 3.41. The monoisotopic (exact) mass is 268 g/mol. The molecule has 6 heteroatoms. The normalized spacial score (nSPS) is 10.6. The molecule has 0 saturated heterocycles. The minimum Gasteiger partial charge on any atom is -0.465 e. The lowest BCUT2D eigenvalue weighted by molar-refractivity contribution is -0.140. The highest BCUT2D eigenvalue weighted by atomic mass is 32.2. The van der Waals surface area contributed by atoms with Crippen LogP contribution < -0.4 is 0 Å². The van der Waals surface area contributed by atoms with Gasteiger partial charge in [0.15, 0.2) is 4.34 Å². The lowest BCUT2D eigenvalue weighted by Gasteiger charge is -2.00. The highest BCUT2D eigenvalue weighted by Crippen LogP contribution is 2.27. The highest BCUT2D eigenvalue weighted by Gasteiger charge is 2.08. The van der Waals surface area contributed by atoms with Crippen molar-refractivity contribution < 1.29 is 9.53 Å². The zero-order chi connectivity index (χ0) is 12.1. The molecule has 2 heterocycles. The first-order valence-electron chi connectivity index (χ1n) is 5.29. The molecular formula is C11H12N2O2S2. The molecule has 0 fully saturated rings. The first-order valence-corrected chi connectivity index (χ1v) is 7.10. The van der Waals surface area contributed by atoms with Crippen LogP contribution in [0.4, 0.5) is 0 Å². The van der Waals surface area contributed by atoms with Crippen LogP contribution in [0, 0.1) is 0 Å². The second kappa shape index (κ2) is 5.97. The Labute approximate surface area is 107 Å². The van der Waals surface area contributed by atoms with Crippen LogP contribution in [0.25, 0.3) is 10.3 Å². The average molecular weight is 268 g/mol. The summed E-state index contributed by atoms with van der Waals surface area (Å²) in [6.45, 7) is 2.46. The topological polar surface area (TPSA) is 52.1 Å². The summed E-state index contributed by atoms with van der Waals surface area (Å²) in [5.74, 6) is 0.115. The standard InChI is InChI=1S/C11H12N2O2S2/c1-2-6-15-9(14)7-16-11-13-8-4-3-5-12-10(8)17-11/h3-5H,2,6-7H2,1H3. The minimum absolute atomic E-state index is 0.191. The predicted octanol–water partition coefficient (Wildman–Crippen LogP) is 2.74. The Hall–Kier alpha value is -1.14. The summed E-state index contributed by atoms with van der Waals surface area (Å²) < 4.78 is 5.84. The van der Waals surface area contributed by atoms with E-state index >= 15 is 0 Å². The quantitative estimate of drug-likeness (QED) is 0.616. The smallest absolute Gasteiger partial charge is 0.316 e. The zero-order valence-electron chi connectivity index (χ0n) is 9.38. The van der Waals surface area contributed by atoms with Crippen LogP contribution in [-0.2, 0) is 9.53 Å². The van der Waals surface area contributed by atoms with Crippen LogP contribution in [0.5, 0.6) is 0 Å². The van der Waals surface area contributed by atoms with Gasteiger partial charge >= 0.3 is 5.97 Å². The number of hydrogen-bond acceptors (Lipinski definition) is 6. The van der Waals surface area contributed by atoms with Gasteiger partial charge in [-0.3, -0.25) is 4.79 Å². The van der Waals surface area contributed by atoms with Crippen molar-refractivity contribution in [2.75, 3.05) is 12.4 Å². The number of nitrogens with zero attached hydrogens (tertiary/aromatic N) is 2. The number of thiazole rings is 1. The Bertz CT molecular complexity index is 480. The molecule has 2 aromatic rings. The van der Waals surface area contributed by atoms with Gasteiger partial charge in [-0.15, -0.1) is 0 Å². The van der Waals surface area contributed by atoms with Gasteiger partial charge in [0, 0.05) is 6.20 Å². The van der Waals surface area contributed by atoms with Crippen molar-refractivity contribution >= 4 is 39.4 Å². The van der Waals surface area contributed by atoms with Gasteiger partial charge < -0.3 is 4.74 Å². The maximum absolute atomic E-state index is 11.3. The summed E-state index contributed by atoms with van der Waals surface area (Å²) in [4.78, 5) is 20.8. The van der Waals surface area contributed by atoms with E-state index in [1.54, 1.807) is 6.20 Å². The Morgan fingerprint density at radius 3 is 3.24 bits per heavy atom. The molecule has 0 aromatic carbocycles. The third-order valence-electron chi connectivity index (χ3n) is 1.93. The molecule has 17 heavy (non-hydrogen) atoms. The van der Waals surface area contributed by atoms with Gasteiger partial charge in [-0.25, -0.2) is 9.97 Å². The van der Waals surface area contributed by atoms with Gasteiger partial charge in [0.25, 0.3) is 0 Å². The Morgan fingerprint density at radius 1 is 1.59 bits per heavy atom. The molecule has 2 rings (SSSR count). The number of fused-ring (bicyclic) bond motifs is 1. The lowest BCUT2D eigenvalue weighted by Crippen LogP contribution is -2.07. The molecule has 0 saturated carbocycles. The maximum atomic E-state index is 11.3. The summed E-state index contributed by atoms with van der Waals surface area (Å²) in [7, 11) is 0. The molecule has 0 aliphatic rings. The minimum atomic E-state index is -0.191. The molecule has 0 unspecified atom stereocenters. The fraction of sp³-hybridized carbons (Fsp3) is 0.364. The van der Waals surface area contributed by atoms with Crippen molar-refractivity contribution in [3.63, 3.8) is 0 Å². The van der Waals surface area contributed by atoms with Gasteiger partial charge in [-0.2, -0.15) is 0 Å². The van der Waals surface area contributed by atoms with E-state index in [0.717, 1.165) is 21.1 Å². The van der Waals surface area contributed by atoms with E-state index in [-0.39, 0.29) is 5.97 Å². The molecule has 90 valence electrons. The Kier molecular flexibility index (Phi) is 4.33. The van der Waals surface area contributed by atoms with Gasteiger partial charge in [0.05, 0.1) is 12.4 Å². The van der Waals surface area contributed by atoms with E-state index in [0.29, 0.717) is 12.4 Å². The fourth-order valence-corrected chi connectivity index (χ4v) is 2.97. The molecule has 0 bridgehead atoms. The number of thioether (sulfide) groups is 1. The fourth-order valence-electron chi connectivity index (χ4n) is 1.19. The third-order valence-corrected chi connectivity index (χ3v) is 4.02. The van der Waals surface area contributed by atoms with E-state index in [1.165, 1.54) is 23.1 Å². The molecule has 0 atom stereocenters. The average Bonchev–Trinajstić information content (AvgIpc) is 2.76. The van der Waals surface area contributed by atoms with Gasteiger partial charge in [0.1, 0.15) is 10.3 Å². The molecule has 4 nitrogen and oxygen atoms in total. The van der Waals surface area contributed by atoms with Crippen LogP contribution in [0.3, 0.4) is 0 Å². The van der Waals surface area contributed by atoms with Crippen molar-refractivity contribution in [1.82, 2.24) is 9.97 Å². The van der Waals surface area contributed by atoms with Gasteiger partial charge in [0.2, 0.25) is 0 Å². The number of rotatable bonds is 5. The number of hydrogen-bond donors (Lipinski definition) is 0. The number of carbonyl (C=O) groups excluding carboxylic acids is 1. The first kappa shape index (κ1) is 12.3. The molecule has 0 radical (unpaired) electrons. The molecule has 0 N–H and O–H groups in total. The number of pyridine rings is 1. The number of ether oxygens (including phenoxy) is 1. The summed E-state index contributed by atoms with van der Waals surface area (Å²) in [5, 5.41) is 0. The molecule has 2 aromatic heterocycles. The summed E-state index contributed by atoms with van der Waals surface area (Å²) in [6, 6.07) is 3.77. The second-order valence-electron chi connectivity index (χ2n) is 3.32. The molecular weight excluding hydrogens is 256 g/mol. The van der Waals surface area contributed by atoms with Crippen molar-refractivity contribution in [2.24, 2.45) is 0 Å². The highest BCUT2D eigenvalue weighted by molar-refractivity contribution is 8.01. The number of carbonyl (C=O) groups is 1. The number of aromatic nitrogens is 2. The van der Waals surface area contributed by atoms with E-state index in [9.17, 15) is 4.79 Å². The van der Waals surface area contributed by atoms with Crippen LogP contribution in [0.2, 0.25) is 0 Å². The van der Waals surface area contributed by atoms with Gasteiger partial charge in [-0.05, 0) is 18.6 Å². The second-order valence-corrected chi connectivity index (χ2v) is 5.52. The molecule has 0 aliphatic heterocycles. The lowest BCUT2D eigenvalue weighted by atomic mass is 10.5. The first-order chi connectivity index (χ1) is 8.29. The predicted molar refractivity (Wildman–Crippen MR) is 69.4 cm³/mol. The maximum Gasteiger partial charge on any atom is 0.316 e. The van der Waals surface area contributed by atoms with E-state index in [2.05, 4.69) is 9.97 Å². The van der Waals surface area contributed by atoms with Crippen molar-refractivity contribution in [1.29, 1.82) is 0 Å². The summed E-state index contributed by atoms with van der Waals surface area (Å²) in [5.41, 5.74) is 0.877. The van der Waals surface area contributed by atoms with Crippen LogP contribution >= 0.6 is 23.1 Å². The molecule has 0 spiro atoms. The van der Waals surface area contributed by atoms with Crippen molar-refractivity contribution in [3.05, 3.63) is 18.3 Å². The van der Waals surface area contributed by atoms with Crippen LogP contribution in [0.1, 0.15) is 13.3 Å². The van der Waals surface area contributed by atoms with E-state index in [4.69, 9.17) is 4.74 Å². The number of esters is 1. The SMILES string of the molecule is CCCOC(=O)CSc1nc2cccnc2s1. The van der Waals surface area contributed by atoms with Crippen molar-refractivity contribution in [3.8, 4) is 0 Å². The molecule has 0 aliphatic carbocycles. The van der Waals surface area contributed by atoms with E-state index in [1.807, 2.05) is 19.1 Å². The van der Waals surface area contributed by atoms with Crippen molar-refractivity contribution in [2.45, 2.75) is 17.7 Å². The molecule has 0 amide bonds. The Balaban J connectivity index is 1.92. The van der Waals surface area contributed by atoms with Crippen LogP contribution in [0.15, 0.2) is 22.7 Å². The van der Waals surface area contributed by atoms with Gasteiger partial charge in [-0.1, -0.05) is 30.0 Å². The summed E-state index contributed by atoms with van der Waals surface area (Å²) >= 11 is 2.89. The largest absolute Gasteiger partial charge is 0.465 e. The van der Waals surface area contributed by atoms with Crippen LogP contribution in [-0.4, -0.2) is 28.3 Å². The van der Waals surface area contributed by atoms with E-state index < -0.39 is 0 Å². The Morgan fingerprint density at radius 2 is 2.47 bits per heavy atom. The zero-order valence-corrected chi connectivity index (χ0v) is 11.0.